The molecule has 10 heteroatoms. The van der Waals surface area contributed by atoms with E-state index in [-0.39, 0.29) is 5.65 Å². The molecule has 3 aromatic rings. The predicted octanol–water partition coefficient (Wildman–Crippen LogP) is 3.94. The number of hydrogen-bond donors (Lipinski definition) is 0. The molecule has 0 unspecified atom stereocenters. The summed E-state index contributed by atoms with van der Waals surface area (Å²) in [5, 5.41) is 7.09. The minimum atomic E-state index is -4.71. The molecule has 0 saturated carbocycles. The van der Waals surface area contributed by atoms with Crippen molar-refractivity contribution in [3.05, 3.63) is 48.0 Å². The lowest BCUT2D eigenvalue weighted by Crippen LogP contribution is -2.13. The van der Waals surface area contributed by atoms with Crippen LogP contribution in [0.5, 0.6) is 0 Å². The Balaban J connectivity index is 1.89. The lowest BCUT2D eigenvalue weighted by Gasteiger charge is -2.09. The summed E-state index contributed by atoms with van der Waals surface area (Å²) in [5.41, 5.74) is 1.36. The van der Waals surface area contributed by atoms with Crippen LogP contribution < -0.4 is 0 Å². The molecule has 2 aromatic heterocycles. The first kappa shape index (κ1) is 17.2. The summed E-state index contributed by atoms with van der Waals surface area (Å²) in [6.07, 6.45) is -2.07. The molecule has 2 heterocycles. The highest BCUT2D eigenvalue weighted by Crippen LogP contribution is 2.27. The molecular formula is C15H11F5N4O. The van der Waals surface area contributed by atoms with E-state index in [0.29, 0.717) is 23.7 Å². The van der Waals surface area contributed by atoms with Crippen LogP contribution in [0.2, 0.25) is 0 Å². The number of hydrogen-bond acceptors (Lipinski definition) is 4. The minimum absolute atomic E-state index is 0.162. The van der Waals surface area contributed by atoms with Crippen LogP contribution in [0.25, 0.3) is 16.9 Å². The zero-order valence-corrected chi connectivity index (χ0v) is 12.8. The third-order valence-electron chi connectivity index (χ3n) is 3.34. The van der Waals surface area contributed by atoms with Gasteiger partial charge in [0.05, 0.1) is 18.5 Å². The van der Waals surface area contributed by atoms with Crippen molar-refractivity contribution < 1.29 is 26.7 Å². The van der Waals surface area contributed by atoms with Gasteiger partial charge in [-0.2, -0.15) is 8.78 Å². The van der Waals surface area contributed by atoms with Crippen LogP contribution in [0.4, 0.5) is 22.0 Å². The maximum atomic E-state index is 13.5. The number of aromatic nitrogens is 4. The lowest BCUT2D eigenvalue weighted by molar-refractivity contribution is -0.330. The van der Waals surface area contributed by atoms with Gasteiger partial charge < -0.3 is 0 Å². The fourth-order valence-electron chi connectivity index (χ4n) is 2.19. The van der Waals surface area contributed by atoms with Gasteiger partial charge >= 0.3 is 12.3 Å². The van der Waals surface area contributed by atoms with Crippen molar-refractivity contribution in [3.8, 4) is 11.3 Å². The van der Waals surface area contributed by atoms with Crippen molar-refractivity contribution in [2.45, 2.75) is 25.8 Å². The molecule has 0 spiro atoms. The van der Waals surface area contributed by atoms with E-state index < -0.39 is 24.7 Å². The van der Waals surface area contributed by atoms with Gasteiger partial charge in [-0.25, -0.2) is 0 Å². The molecule has 1 aromatic carbocycles. The Morgan fingerprint density at radius 3 is 2.32 bits per heavy atom. The molecule has 0 aliphatic rings. The van der Waals surface area contributed by atoms with Crippen LogP contribution in [0, 0.1) is 0 Å². The molecule has 0 atom stereocenters. The first-order valence-corrected chi connectivity index (χ1v) is 7.02. The van der Waals surface area contributed by atoms with Gasteiger partial charge in [-0.3, -0.25) is 14.1 Å². The van der Waals surface area contributed by atoms with E-state index in [9.17, 15) is 22.0 Å². The highest BCUT2D eigenvalue weighted by Gasteiger charge is 2.31. The third-order valence-corrected chi connectivity index (χ3v) is 3.34. The van der Waals surface area contributed by atoms with Crippen molar-refractivity contribution >= 4 is 5.65 Å². The van der Waals surface area contributed by atoms with Crippen LogP contribution in [0.1, 0.15) is 18.3 Å². The molecule has 3 rings (SSSR count). The second-order valence-corrected chi connectivity index (χ2v) is 5.34. The van der Waals surface area contributed by atoms with Crippen molar-refractivity contribution in [1.82, 2.24) is 19.6 Å². The Morgan fingerprint density at radius 2 is 1.72 bits per heavy atom. The third kappa shape index (κ3) is 3.90. The summed E-state index contributed by atoms with van der Waals surface area (Å²) in [7, 11) is 0. The Kier molecular flexibility index (Phi) is 4.15. The van der Waals surface area contributed by atoms with Gasteiger partial charge in [0.25, 0.3) is 0 Å². The first-order valence-electron chi connectivity index (χ1n) is 7.02. The summed E-state index contributed by atoms with van der Waals surface area (Å²) < 4.78 is 68.0. The summed E-state index contributed by atoms with van der Waals surface area (Å²) in [5.74, 6) is -3.71. The summed E-state index contributed by atoms with van der Waals surface area (Å²) in [4.78, 5) is 4.11. The average molecular weight is 358 g/mol. The van der Waals surface area contributed by atoms with Gasteiger partial charge in [0.2, 0.25) is 5.82 Å². The normalized spacial score (nSPS) is 12.7. The number of ether oxygens (including phenoxy) is 1. The number of fused-ring (bicyclic) bond motifs is 1. The monoisotopic (exact) mass is 358 g/mol. The van der Waals surface area contributed by atoms with E-state index in [4.69, 9.17) is 0 Å². The highest BCUT2D eigenvalue weighted by atomic mass is 19.4. The molecule has 0 radical (unpaired) electrons. The fourth-order valence-corrected chi connectivity index (χ4v) is 2.19. The number of benzene rings is 1. The van der Waals surface area contributed by atoms with E-state index in [1.54, 1.807) is 0 Å². The number of rotatable bonds is 4. The molecule has 5 nitrogen and oxygen atoms in total. The van der Waals surface area contributed by atoms with Crippen LogP contribution >= 0.6 is 0 Å². The Hall–Kier alpha value is -2.62. The zero-order chi connectivity index (χ0) is 18.2. The van der Waals surface area contributed by atoms with Crippen molar-refractivity contribution in [3.63, 3.8) is 0 Å². The fraction of sp³-hybridized carbons (Fsp3) is 0.267. The Morgan fingerprint density at radius 1 is 1.04 bits per heavy atom. The quantitative estimate of drug-likeness (QED) is 0.663. The van der Waals surface area contributed by atoms with Crippen LogP contribution in [-0.2, 0) is 17.3 Å². The topological polar surface area (TPSA) is 52.3 Å². The van der Waals surface area contributed by atoms with Crippen LogP contribution in [-0.4, -0.2) is 25.9 Å². The van der Waals surface area contributed by atoms with Crippen molar-refractivity contribution in [2.24, 2.45) is 0 Å². The lowest BCUT2D eigenvalue weighted by atomic mass is 10.1. The molecule has 0 aliphatic carbocycles. The van der Waals surface area contributed by atoms with E-state index in [0.717, 1.165) is 4.40 Å². The highest BCUT2D eigenvalue weighted by molar-refractivity contribution is 5.60. The van der Waals surface area contributed by atoms with Crippen LogP contribution in [0.15, 0.2) is 36.7 Å². The molecule has 25 heavy (non-hydrogen) atoms. The first-order chi connectivity index (χ1) is 11.6. The van der Waals surface area contributed by atoms with E-state index >= 15 is 0 Å². The maximum Gasteiger partial charge on any atom is 0.522 e. The second kappa shape index (κ2) is 6.03. The minimum Gasteiger partial charge on any atom is -0.287 e. The van der Waals surface area contributed by atoms with Gasteiger partial charge in [-0.05, 0) is 5.56 Å². The number of alkyl halides is 5. The van der Waals surface area contributed by atoms with Crippen molar-refractivity contribution in [1.29, 1.82) is 0 Å². The van der Waals surface area contributed by atoms with E-state index in [2.05, 4.69) is 19.9 Å². The molecular weight excluding hydrogens is 347 g/mol. The summed E-state index contributed by atoms with van der Waals surface area (Å²) in [6.45, 7) is 0.0902. The average Bonchev–Trinajstić information content (AvgIpc) is 2.96. The van der Waals surface area contributed by atoms with Gasteiger partial charge in [-0.15, -0.1) is 23.4 Å². The number of nitrogens with zero attached hydrogens (tertiary/aromatic N) is 4. The molecule has 0 aliphatic heterocycles. The maximum absolute atomic E-state index is 13.5. The molecule has 132 valence electrons. The summed E-state index contributed by atoms with van der Waals surface area (Å²) >= 11 is 0. The molecule has 0 bridgehead atoms. The molecule has 0 amide bonds. The Bertz CT molecular complexity index is 884. The van der Waals surface area contributed by atoms with Gasteiger partial charge in [0.15, 0.2) is 5.65 Å². The molecule has 0 N–H and O–H groups in total. The van der Waals surface area contributed by atoms with Crippen molar-refractivity contribution in [2.75, 3.05) is 0 Å². The standard InChI is InChI=1S/C15H11F5N4O/c1-14(16,17)13-23-22-12-6-21-11(7-24(12)13)10-4-2-9(3-5-10)8-25-15(18,19)20/h2-7H,8H2,1H3. The van der Waals surface area contributed by atoms with Crippen LogP contribution in [0.3, 0.4) is 0 Å². The molecule has 0 saturated heterocycles. The number of halogens is 5. The zero-order valence-electron chi connectivity index (χ0n) is 12.8. The van der Waals surface area contributed by atoms with Gasteiger partial charge in [0.1, 0.15) is 0 Å². The largest absolute Gasteiger partial charge is 0.522 e. The van der Waals surface area contributed by atoms with Gasteiger partial charge in [-0.1, -0.05) is 24.3 Å². The predicted molar refractivity (Wildman–Crippen MR) is 76.6 cm³/mol. The van der Waals surface area contributed by atoms with E-state index in [1.165, 1.54) is 36.7 Å². The Labute approximate surface area is 138 Å². The SMILES string of the molecule is CC(F)(F)c1nnc2cnc(-c3ccc(COC(F)(F)F)cc3)cn12. The molecule has 0 fully saturated rings. The second-order valence-electron chi connectivity index (χ2n) is 5.34. The van der Waals surface area contributed by atoms with E-state index in [1.807, 2.05) is 0 Å². The summed E-state index contributed by atoms with van der Waals surface area (Å²) in [6, 6.07) is 5.93. The smallest absolute Gasteiger partial charge is 0.287 e. The van der Waals surface area contributed by atoms with Gasteiger partial charge in [0, 0.05) is 18.7 Å².